The first kappa shape index (κ1) is 29.8. The van der Waals surface area contributed by atoms with Crippen molar-refractivity contribution in [3.63, 3.8) is 0 Å². The van der Waals surface area contributed by atoms with Gasteiger partial charge in [-0.3, -0.25) is 14.2 Å². The Morgan fingerprint density at radius 3 is 2.39 bits per heavy atom. The summed E-state index contributed by atoms with van der Waals surface area (Å²) in [6.07, 6.45) is 1.69. The van der Waals surface area contributed by atoms with Crippen molar-refractivity contribution < 1.29 is 23.8 Å². The van der Waals surface area contributed by atoms with Crippen molar-refractivity contribution >= 4 is 41.0 Å². The number of nitrogens with zero attached hydrogens (tertiary/aromatic N) is 2. The number of rotatable bonds is 5. The number of methoxy groups -OCH3 is 1. The molecule has 2 aromatic heterocycles. The van der Waals surface area contributed by atoms with Crippen molar-refractivity contribution in [2.24, 2.45) is 4.99 Å². The standard InChI is InChI=1S/C29H25ClN2O4S.C2H4O2/c1-16(2)18-9-11-19(12-10-18)26-25(28(34)35-4)17(3)31-29-32(26)27(33)24(37-29)15-20-13-14-23(36-20)21-7-5-6-8-22(21)30;1-2(3)4/h5-16,26H,1-4H3;1H3,(H,3,4)/b24-15+;. The number of thiazole rings is 1. The molecule has 0 saturated carbocycles. The summed E-state index contributed by atoms with van der Waals surface area (Å²) in [5.41, 5.74) is 3.36. The SMILES string of the molecule is CC(=O)O.COC(=O)C1=C(C)N=c2s/c(=C/c3ccc(-c4ccccc4Cl)o3)c(=O)n2C1c1ccc(C(C)C)cc1. The van der Waals surface area contributed by atoms with Gasteiger partial charge in [0.25, 0.3) is 11.5 Å². The Kier molecular flexibility index (Phi) is 9.10. The number of ether oxygens (including phenoxy) is 1. The number of carbonyl (C=O) groups excluding carboxylic acids is 1. The number of esters is 1. The van der Waals surface area contributed by atoms with Gasteiger partial charge >= 0.3 is 5.97 Å². The lowest BCUT2D eigenvalue weighted by molar-refractivity contribution is -0.137. The van der Waals surface area contributed by atoms with E-state index < -0.39 is 18.0 Å². The van der Waals surface area contributed by atoms with E-state index in [1.807, 2.05) is 48.5 Å². The van der Waals surface area contributed by atoms with Crippen LogP contribution in [0.5, 0.6) is 0 Å². The zero-order valence-corrected chi connectivity index (χ0v) is 24.7. The maximum Gasteiger partial charge on any atom is 0.338 e. The normalized spacial score (nSPS) is 14.7. The lowest BCUT2D eigenvalue weighted by Gasteiger charge is -2.24. The van der Waals surface area contributed by atoms with Gasteiger partial charge in [0.15, 0.2) is 4.80 Å². The fourth-order valence-electron chi connectivity index (χ4n) is 4.44. The summed E-state index contributed by atoms with van der Waals surface area (Å²) in [6, 6.07) is 18.4. The van der Waals surface area contributed by atoms with Gasteiger partial charge < -0.3 is 14.3 Å². The van der Waals surface area contributed by atoms with E-state index in [0.29, 0.717) is 43.1 Å². The molecule has 0 aliphatic carbocycles. The summed E-state index contributed by atoms with van der Waals surface area (Å²) in [6.45, 7) is 7.09. The minimum Gasteiger partial charge on any atom is -0.481 e. The molecule has 3 heterocycles. The molecule has 1 aliphatic rings. The van der Waals surface area contributed by atoms with Crippen LogP contribution in [0.2, 0.25) is 5.02 Å². The van der Waals surface area contributed by atoms with Crippen molar-refractivity contribution in [1.29, 1.82) is 0 Å². The number of hydrogen-bond acceptors (Lipinski definition) is 7. The van der Waals surface area contributed by atoms with E-state index in [0.717, 1.165) is 18.1 Å². The lowest BCUT2D eigenvalue weighted by Crippen LogP contribution is -2.39. The summed E-state index contributed by atoms with van der Waals surface area (Å²) in [7, 11) is 1.33. The van der Waals surface area contributed by atoms with Gasteiger partial charge in [-0.05, 0) is 48.2 Å². The number of allylic oxidation sites excluding steroid dienone is 1. The molecule has 0 amide bonds. The predicted octanol–water partition coefficient (Wildman–Crippen LogP) is 5.54. The zero-order valence-electron chi connectivity index (χ0n) is 23.2. The number of aromatic nitrogens is 1. The van der Waals surface area contributed by atoms with Gasteiger partial charge in [-0.2, -0.15) is 0 Å². The number of furan rings is 1. The van der Waals surface area contributed by atoms with Crippen LogP contribution < -0.4 is 14.9 Å². The molecule has 1 N–H and O–H groups in total. The number of benzene rings is 2. The molecule has 0 radical (unpaired) electrons. The molecule has 4 aromatic rings. The molecule has 10 heteroatoms. The highest BCUT2D eigenvalue weighted by Crippen LogP contribution is 2.32. The van der Waals surface area contributed by atoms with E-state index >= 15 is 0 Å². The fraction of sp³-hybridized carbons (Fsp3) is 0.226. The number of aliphatic carboxylic acids is 1. The van der Waals surface area contributed by atoms with Crippen LogP contribution in [0.3, 0.4) is 0 Å². The Balaban J connectivity index is 0.000000909. The van der Waals surface area contributed by atoms with E-state index in [2.05, 4.69) is 18.8 Å². The van der Waals surface area contributed by atoms with Crippen LogP contribution in [0.1, 0.15) is 56.5 Å². The van der Waals surface area contributed by atoms with Gasteiger partial charge in [0.05, 0.1) is 34.0 Å². The van der Waals surface area contributed by atoms with Crippen LogP contribution in [0.4, 0.5) is 0 Å². The van der Waals surface area contributed by atoms with E-state index in [4.69, 9.17) is 30.7 Å². The molecule has 0 saturated heterocycles. The lowest BCUT2D eigenvalue weighted by atomic mass is 9.93. The van der Waals surface area contributed by atoms with E-state index in [9.17, 15) is 9.59 Å². The van der Waals surface area contributed by atoms with Gasteiger partial charge in [0, 0.05) is 18.6 Å². The molecule has 212 valence electrons. The van der Waals surface area contributed by atoms with Crippen molar-refractivity contribution in [1.82, 2.24) is 4.57 Å². The maximum atomic E-state index is 13.7. The molecule has 1 atom stereocenters. The van der Waals surface area contributed by atoms with E-state index in [-0.39, 0.29) is 5.56 Å². The second kappa shape index (κ2) is 12.5. The van der Waals surface area contributed by atoms with Gasteiger partial charge in [0.1, 0.15) is 11.5 Å². The minimum atomic E-state index is -0.833. The van der Waals surface area contributed by atoms with Crippen molar-refractivity contribution in [3.8, 4) is 11.3 Å². The fourth-order valence-corrected chi connectivity index (χ4v) is 5.69. The number of hydrogen-bond donors (Lipinski definition) is 1. The van der Waals surface area contributed by atoms with Gasteiger partial charge in [-0.1, -0.05) is 73.2 Å². The van der Waals surface area contributed by atoms with Crippen molar-refractivity contribution in [2.45, 2.75) is 39.7 Å². The van der Waals surface area contributed by atoms with Crippen LogP contribution in [-0.4, -0.2) is 28.7 Å². The van der Waals surface area contributed by atoms with Gasteiger partial charge in [-0.15, -0.1) is 0 Å². The smallest absolute Gasteiger partial charge is 0.338 e. The third kappa shape index (κ3) is 6.42. The Labute approximate surface area is 245 Å². The van der Waals surface area contributed by atoms with Crippen molar-refractivity contribution in [3.05, 3.63) is 114 Å². The second-order valence-corrected chi connectivity index (χ2v) is 11.0. The zero-order chi connectivity index (χ0) is 29.8. The Hall–Kier alpha value is -4.21. The second-order valence-electron chi connectivity index (χ2n) is 9.60. The summed E-state index contributed by atoms with van der Waals surface area (Å²) in [5.74, 6) is 0.139. The van der Waals surface area contributed by atoms with E-state index in [1.165, 1.54) is 24.0 Å². The topological polar surface area (TPSA) is 111 Å². The highest BCUT2D eigenvalue weighted by Gasteiger charge is 2.33. The largest absolute Gasteiger partial charge is 0.481 e. The molecule has 1 aliphatic heterocycles. The van der Waals surface area contributed by atoms with E-state index in [1.54, 1.807) is 29.7 Å². The summed E-state index contributed by atoms with van der Waals surface area (Å²) < 4.78 is 13.1. The van der Waals surface area contributed by atoms with Crippen LogP contribution in [0, 0.1) is 0 Å². The Bertz CT molecular complexity index is 1810. The first-order valence-electron chi connectivity index (χ1n) is 12.8. The van der Waals surface area contributed by atoms with Gasteiger partial charge in [-0.25, -0.2) is 9.79 Å². The number of fused-ring (bicyclic) bond motifs is 1. The highest BCUT2D eigenvalue weighted by atomic mass is 35.5. The third-order valence-electron chi connectivity index (χ3n) is 6.39. The number of carboxylic acids is 1. The molecule has 8 nitrogen and oxygen atoms in total. The molecule has 0 spiro atoms. The molecular weight excluding hydrogens is 564 g/mol. The molecule has 5 rings (SSSR count). The number of carboxylic acid groups (broad SMARTS) is 1. The first-order valence-corrected chi connectivity index (χ1v) is 14.0. The van der Waals surface area contributed by atoms with Crippen molar-refractivity contribution in [2.75, 3.05) is 7.11 Å². The molecule has 0 bridgehead atoms. The Morgan fingerprint density at radius 2 is 1.78 bits per heavy atom. The maximum absolute atomic E-state index is 13.7. The van der Waals surface area contributed by atoms with Crippen LogP contribution in [0.15, 0.2) is 86.1 Å². The van der Waals surface area contributed by atoms with Gasteiger partial charge in [0.2, 0.25) is 0 Å². The summed E-state index contributed by atoms with van der Waals surface area (Å²) in [4.78, 5) is 40.7. The predicted molar refractivity (Wildman–Crippen MR) is 159 cm³/mol. The molecule has 2 aromatic carbocycles. The third-order valence-corrected chi connectivity index (χ3v) is 7.70. The Morgan fingerprint density at radius 1 is 1.12 bits per heavy atom. The number of carbonyl (C=O) groups is 2. The van der Waals surface area contributed by atoms with Crippen LogP contribution in [-0.2, 0) is 14.3 Å². The average Bonchev–Trinajstić information content (AvgIpc) is 3.51. The minimum absolute atomic E-state index is 0.258. The summed E-state index contributed by atoms with van der Waals surface area (Å²) in [5, 5.41) is 8.00. The number of halogens is 1. The molecule has 41 heavy (non-hydrogen) atoms. The highest BCUT2D eigenvalue weighted by molar-refractivity contribution is 7.07. The van der Waals surface area contributed by atoms with Crippen LogP contribution >= 0.6 is 22.9 Å². The molecule has 0 fully saturated rings. The summed E-state index contributed by atoms with van der Waals surface area (Å²) >= 11 is 7.56. The molecule has 1 unspecified atom stereocenters. The first-order chi connectivity index (χ1) is 19.5. The van der Waals surface area contributed by atoms with Crippen LogP contribution in [0.25, 0.3) is 17.4 Å². The molecular formula is C31H29ClN2O6S. The monoisotopic (exact) mass is 592 g/mol. The average molecular weight is 593 g/mol. The quantitative estimate of drug-likeness (QED) is 0.305.